The molecule has 0 aliphatic carbocycles. The van der Waals surface area contributed by atoms with Crippen molar-refractivity contribution < 1.29 is 4.79 Å². The molecule has 0 unspecified atom stereocenters. The third kappa shape index (κ3) is 5.03. The lowest BCUT2D eigenvalue weighted by molar-refractivity contribution is -0.116. The Morgan fingerprint density at radius 1 is 1.37 bits per heavy atom. The van der Waals surface area contributed by atoms with E-state index in [1.165, 1.54) is 0 Å². The minimum atomic E-state index is -0.388. The van der Waals surface area contributed by atoms with Gasteiger partial charge in [0.25, 0.3) is 0 Å². The van der Waals surface area contributed by atoms with Crippen molar-refractivity contribution in [3.63, 3.8) is 0 Å². The molecule has 0 fully saturated rings. The number of amides is 1. The summed E-state index contributed by atoms with van der Waals surface area (Å²) in [5, 5.41) is 0.381. The lowest BCUT2D eigenvalue weighted by Crippen LogP contribution is -2.37. The Kier molecular flexibility index (Phi) is 5.54. The van der Waals surface area contributed by atoms with Crippen LogP contribution in [0.1, 0.15) is 39.4 Å². The predicted octanol–water partition coefficient (Wildman–Crippen LogP) is 2.20. The maximum atomic E-state index is 11.2. The first-order valence-electron chi connectivity index (χ1n) is 6.37. The number of hydrogen-bond acceptors (Lipinski definition) is 4. The number of nitrogens with two attached hydrogens (primary N) is 1. The summed E-state index contributed by atoms with van der Waals surface area (Å²) in [6.45, 7) is 8.95. The summed E-state index contributed by atoms with van der Waals surface area (Å²) in [6.07, 6.45) is 0. The first-order valence-corrected chi connectivity index (χ1v) is 6.75. The summed E-state index contributed by atoms with van der Waals surface area (Å²) in [5.74, 6) is 1.49. The Hall–Kier alpha value is -1.36. The molecule has 1 aromatic rings. The lowest BCUT2D eigenvalue weighted by Gasteiger charge is -2.24. The van der Waals surface area contributed by atoms with Gasteiger partial charge in [-0.05, 0) is 5.92 Å². The van der Waals surface area contributed by atoms with Crippen LogP contribution >= 0.6 is 11.6 Å². The molecule has 1 heterocycles. The van der Waals surface area contributed by atoms with Crippen LogP contribution in [0.15, 0.2) is 6.07 Å². The molecule has 0 aliphatic rings. The largest absolute Gasteiger partial charge is 0.368 e. The second kappa shape index (κ2) is 6.70. The molecule has 5 nitrogen and oxygen atoms in total. The first kappa shape index (κ1) is 15.7. The van der Waals surface area contributed by atoms with Crippen molar-refractivity contribution in [1.29, 1.82) is 0 Å². The molecule has 0 saturated heterocycles. The molecule has 0 spiro atoms. The summed E-state index contributed by atoms with van der Waals surface area (Å²) in [6, 6.07) is 1.67. The molecule has 1 aromatic heterocycles. The number of carbonyl (C=O) groups is 1. The van der Waals surface area contributed by atoms with E-state index < -0.39 is 0 Å². The van der Waals surface area contributed by atoms with E-state index in [9.17, 15) is 4.79 Å². The van der Waals surface area contributed by atoms with Crippen molar-refractivity contribution in [2.24, 2.45) is 11.7 Å². The smallest absolute Gasteiger partial charge is 0.236 e. The SMILES string of the molecule is CC(C)CN(CC(N)=O)c1cc(Cl)nc(C(C)C)n1. The predicted molar refractivity (Wildman–Crippen MR) is 77.4 cm³/mol. The molecule has 0 aromatic carbocycles. The summed E-state index contributed by atoms with van der Waals surface area (Å²) >= 11 is 6.02. The van der Waals surface area contributed by atoms with E-state index in [1.54, 1.807) is 6.07 Å². The highest BCUT2D eigenvalue weighted by molar-refractivity contribution is 6.29. The van der Waals surface area contributed by atoms with Crippen LogP contribution in [0.4, 0.5) is 5.82 Å². The summed E-state index contributed by atoms with van der Waals surface area (Å²) < 4.78 is 0. The van der Waals surface area contributed by atoms with E-state index in [0.29, 0.717) is 29.3 Å². The number of anilines is 1. The molecule has 1 rings (SSSR count). The number of primary amides is 1. The Morgan fingerprint density at radius 2 is 2.00 bits per heavy atom. The normalized spacial score (nSPS) is 11.1. The highest BCUT2D eigenvalue weighted by Crippen LogP contribution is 2.20. The van der Waals surface area contributed by atoms with E-state index in [4.69, 9.17) is 17.3 Å². The topological polar surface area (TPSA) is 72.1 Å². The molecule has 106 valence electrons. The van der Waals surface area contributed by atoms with E-state index in [2.05, 4.69) is 23.8 Å². The van der Waals surface area contributed by atoms with Crippen molar-refractivity contribution in [2.45, 2.75) is 33.6 Å². The zero-order valence-electron chi connectivity index (χ0n) is 11.9. The van der Waals surface area contributed by atoms with Gasteiger partial charge in [0.15, 0.2) is 0 Å². The van der Waals surface area contributed by atoms with Crippen molar-refractivity contribution in [3.8, 4) is 0 Å². The number of aromatic nitrogens is 2. The van der Waals surface area contributed by atoms with Crippen LogP contribution in [0.25, 0.3) is 0 Å². The van der Waals surface area contributed by atoms with Crippen LogP contribution in [-0.2, 0) is 4.79 Å². The van der Waals surface area contributed by atoms with Gasteiger partial charge in [0.2, 0.25) is 5.91 Å². The van der Waals surface area contributed by atoms with Crippen molar-refractivity contribution in [3.05, 3.63) is 17.0 Å². The van der Waals surface area contributed by atoms with Gasteiger partial charge in [0, 0.05) is 18.5 Å². The Morgan fingerprint density at radius 3 is 2.47 bits per heavy atom. The molecule has 6 heteroatoms. The molecular weight excluding hydrogens is 264 g/mol. The van der Waals surface area contributed by atoms with Gasteiger partial charge in [-0.1, -0.05) is 39.3 Å². The summed E-state index contributed by atoms with van der Waals surface area (Å²) in [5.41, 5.74) is 5.29. The van der Waals surface area contributed by atoms with E-state index >= 15 is 0 Å². The summed E-state index contributed by atoms with van der Waals surface area (Å²) in [4.78, 5) is 21.7. The van der Waals surface area contributed by atoms with Crippen molar-refractivity contribution >= 4 is 23.3 Å². The number of carbonyl (C=O) groups excluding carboxylic acids is 1. The molecule has 0 atom stereocenters. The first-order chi connectivity index (χ1) is 8.79. The molecule has 0 aliphatic heterocycles. The van der Waals surface area contributed by atoms with Gasteiger partial charge in [-0.3, -0.25) is 4.79 Å². The standard InChI is InChI=1S/C13H21ClN4O/c1-8(2)6-18(7-11(15)19)12-5-10(14)16-13(17-12)9(3)4/h5,8-9H,6-7H2,1-4H3,(H2,15,19). The van der Waals surface area contributed by atoms with Crippen LogP contribution < -0.4 is 10.6 Å². The fourth-order valence-electron chi connectivity index (χ4n) is 1.71. The molecule has 0 bridgehead atoms. The van der Waals surface area contributed by atoms with Crippen LogP contribution in [-0.4, -0.2) is 29.0 Å². The second-order valence-corrected chi connectivity index (χ2v) is 5.69. The van der Waals surface area contributed by atoms with Crippen LogP contribution in [0.2, 0.25) is 5.15 Å². The number of nitrogens with zero attached hydrogens (tertiary/aromatic N) is 3. The number of rotatable bonds is 6. The molecule has 19 heavy (non-hydrogen) atoms. The van der Waals surface area contributed by atoms with Crippen LogP contribution in [0, 0.1) is 5.92 Å². The van der Waals surface area contributed by atoms with Gasteiger partial charge in [0.05, 0.1) is 6.54 Å². The fourth-order valence-corrected chi connectivity index (χ4v) is 1.90. The monoisotopic (exact) mass is 284 g/mol. The summed E-state index contributed by atoms with van der Waals surface area (Å²) in [7, 11) is 0. The Bertz CT molecular complexity index is 448. The fraction of sp³-hybridized carbons (Fsp3) is 0.615. The zero-order chi connectivity index (χ0) is 14.6. The molecule has 0 radical (unpaired) electrons. The maximum absolute atomic E-state index is 11.2. The number of halogens is 1. The quantitative estimate of drug-likeness (QED) is 0.813. The maximum Gasteiger partial charge on any atom is 0.236 e. The zero-order valence-corrected chi connectivity index (χ0v) is 12.6. The third-order valence-electron chi connectivity index (χ3n) is 2.47. The number of hydrogen-bond donors (Lipinski definition) is 1. The Balaban J connectivity index is 3.09. The molecule has 1 amide bonds. The van der Waals surface area contributed by atoms with E-state index in [-0.39, 0.29) is 18.4 Å². The highest BCUT2D eigenvalue weighted by atomic mass is 35.5. The Labute approximate surface area is 119 Å². The van der Waals surface area contributed by atoms with Gasteiger partial charge in [-0.2, -0.15) is 0 Å². The third-order valence-corrected chi connectivity index (χ3v) is 2.66. The van der Waals surface area contributed by atoms with Crippen LogP contribution in [0.5, 0.6) is 0 Å². The molecular formula is C13H21ClN4O. The van der Waals surface area contributed by atoms with Crippen molar-refractivity contribution in [2.75, 3.05) is 18.0 Å². The van der Waals surface area contributed by atoms with Gasteiger partial charge in [-0.15, -0.1) is 0 Å². The minimum absolute atomic E-state index is 0.128. The molecule has 0 saturated carbocycles. The van der Waals surface area contributed by atoms with E-state index in [0.717, 1.165) is 0 Å². The van der Waals surface area contributed by atoms with Gasteiger partial charge in [0.1, 0.15) is 16.8 Å². The van der Waals surface area contributed by atoms with Crippen molar-refractivity contribution in [1.82, 2.24) is 9.97 Å². The van der Waals surface area contributed by atoms with Gasteiger partial charge >= 0.3 is 0 Å². The van der Waals surface area contributed by atoms with Gasteiger partial charge < -0.3 is 10.6 Å². The average Bonchev–Trinajstić information content (AvgIpc) is 2.25. The van der Waals surface area contributed by atoms with E-state index in [1.807, 2.05) is 18.7 Å². The lowest BCUT2D eigenvalue weighted by atomic mass is 10.2. The van der Waals surface area contributed by atoms with Crippen LogP contribution in [0.3, 0.4) is 0 Å². The average molecular weight is 285 g/mol. The second-order valence-electron chi connectivity index (χ2n) is 5.30. The minimum Gasteiger partial charge on any atom is -0.368 e. The highest BCUT2D eigenvalue weighted by Gasteiger charge is 2.15. The van der Waals surface area contributed by atoms with Gasteiger partial charge in [-0.25, -0.2) is 9.97 Å². The molecule has 2 N–H and O–H groups in total.